The Morgan fingerprint density at radius 3 is 2.44 bits per heavy atom. The third-order valence-corrected chi connectivity index (χ3v) is 4.97. The molecule has 0 amide bonds. The summed E-state index contributed by atoms with van der Waals surface area (Å²) in [5, 5.41) is 29.5. The fourth-order valence-corrected chi connectivity index (χ4v) is 3.32. The van der Waals surface area contributed by atoms with Crippen molar-refractivity contribution in [2.24, 2.45) is 0 Å². The second kappa shape index (κ2) is 7.46. The van der Waals surface area contributed by atoms with Crippen LogP contribution in [0, 0.1) is 6.92 Å². The minimum Gasteiger partial charge on any atom is -0.460 e. The summed E-state index contributed by atoms with van der Waals surface area (Å²) in [5.41, 5.74) is -0.00269. The molecule has 3 heterocycles. The van der Waals surface area contributed by atoms with E-state index in [1.54, 1.807) is 12.3 Å². The van der Waals surface area contributed by atoms with E-state index in [9.17, 15) is 23.7 Å². The highest BCUT2D eigenvalue weighted by Gasteiger charge is 2.50. The largest absolute Gasteiger partial charge is 0.460 e. The molecule has 146 valence electrons. The maximum atomic E-state index is 11.3. The number of aliphatic hydroxyl groups excluding tert-OH is 3. The molecule has 1 aliphatic heterocycles. The summed E-state index contributed by atoms with van der Waals surface area (Å²) in [7, 11) is -4.86. The standard InChI is InChI=1S/C16H18N2O8S/c1-8-2-3-11(18-5-8)9-4-10(7-17-6-9)25-15-13(20)12(19)14(21)16(26-15)27(22,23)24/h2-7,12-16,19-21H,1H3,(H,22,23,24)/t12-,13-,14+,15-,16?/m1/s1. The van der Waals surface area contributed by atoms with Crippen LogP contribution < -0.4 is 4.74 Å². The Balaban J connectivity index is 1.83. The van der Waals surface area contributed by atoms with E-state index < -0.39 is 40.2 Å². The van der Waals surface area contributed by atoms with Gasteiger partial charge in [-0.1, -0.05) is 6.07 Å². The predicted molar refractivity (Wildman–Crippen MR) is 91.1 cm³/mol. The first-order chi connectivity index (χ1) is 12.7. The van der Waals surface area contributed by atoms with Gasteiger partial charge in [0.1, 0.15) is 24.1 Å². The first kappa shape index (κ1) is 19.6. The second-order valence-electron chi connectivity index (χ2n) is 6.11. The molecule has 0 spiro atoms. The molecule has 27 heavy (non-hydrogen) atoms. The van der Waals surface area contributed by atoms with Gasteiger partial charge in [-0.3, -0.25) is 14.5 Å². The smallest absolute Gasteiger partial charge is 0.295 e. The Morgan fingerprint density at radius 1 is 1.07 bits per heavy atom. The summed E-state index contributed by atoms with van der Waals surface area (Å²) in [4.78, 5) is 8.25. The van der Waals surface area contributed by atoms with E-state index >= 15 is 0 Å². The molecule has 1 unspecified atom stereocenters. The quantitative estimate of drug-likeness (QED) is 0.494. The van der Waals surface area contributed by atoms with E-state index in [4.69, 9.17) is 14.0 Å². The Kier molecular flexibility index (Phi) is 5.42. The lowest BCUT2D eigenvalue weighted by molar-refractivity contribution is -0.254. The van der Waals surface area contributed by atoms with Crippen molar-refractivity contribution < 1.29 is 37.8 Å². The maximum absolute atomic E-state index is 11.3. The number of hydrogen-bond acceptors (Lipinski definition) is 9. The third kappa shape index (κ3) is 4.24. The van der Waals surface area contributed by atoms with Crippen molar-refractivity contribution in [2.75, 3.05) is 0 Å². The predicted octanol–water partition coefficient (Wildman–Crippen LogP) is -0.516. The zero-order valence-electron chi connectivity index (χ0n) is 14.1. The number of aromatic nitrogens is 2. The summed E-state index contributed by atoms with van der Waals surface area (Å²) in [6, 6.07) is 5.16. The monoisotopic (exact) mass is 398 g/mol. The molecule has 1 saturated heterocycles. The van der Waals surface area contributed by atoms with Crippen molar-refractivity contribution in [3.63, 3.8) is 0 Å². The van der Waals surface area contributed by atoms with Crippen LogP contribution in [0.15, 0.2) is 36.8 Å². The van der Waals surface area contributed by atoms with Gasteiger partial charge in [0.15, 0.2) is 0 Å². The molecule has 0 bridgehead atoms. The minimum atomic E-state index is -4.86. The van der Waals surface area contributed by atoms with Gasteiger partial charge in [-0.15, -0.1) is 0 Å². The van der Waals surface area contributed by atoms with Crippen molar-refractivity contribution in [3.8, 4) is 17.0 Å². The van der Waals surface area contributed by atoms with Gasteiger partial charge in [0.25, 0.3) is 10.1 Å². The number of rotatable bonds is 4. The van der Waals surface area contributed by atoms with E-state index in [1.165, 1.54) is 18.5 Å². The van der Waals surface area contributed by atoms with Gasteiger partial charge in [0.05, 0.1) is 11.9 Å². The summed E-state index contributed by atoms with van der Waals surface area (Å²) in [6.45, 7) is 1.89. The Hall–Kier alpha value is -2.15. The van der Waals surface area contributed by atoms with Crippen molar-refractivity contribution in [2.45, 2.75) is 37.0 Å². The molecule has 0 aliphatic carbocycles. The number of nitrogens with zero attached hydrogens (tertiary/aromatic N) is 2. The summed E-state index contributed by atoms with van der Waals surface area (Å²) in [5.74, 6) is 0.0941. The van der Waals surface area contributed by atoms with Gasteiger partial charge in [0.2, 0.25) is 11.7 Å². The van der Waals surface area contributed by atoms with E-state index in [0.29, 0.717) is 11.3 Å². The van der Waals surface area contributed by atoms with E-state index in [-0.39, 0.29) is 5.75 Å². The molecule has 11 heteroatoms. The molecule has 5 atom stereocenters. The summed E-state index contributed by atoms with van der Waals surface area (Å²) < 4.78 is 42.1. The second-order valence-corrected chi connectivity index (χ2v) is 7.60. The molecule has 1 aliphatic rings. The van der Waals surface area contributed by atoms with Crippen LogP contribution in [0.25, 0.3) is 11.3 Å². The van der Waals surface area contributed by atoms with Gasteiger partial charge in [-0.2, -0.15) is 8.42 Å². The summed E-state index contributed by atoms with van der Waals surface area (Å²) in [6.07, 6.45) is -2.90. The van der Waals surface area contributed by atoms with E-state index in [2.05, 4.69) is 9.97 Å². The average molecular weight is 398 g/mol. The number of aryl methyl sites for hydroxylation is 1. The first-order valence-corrected chi connectivity index (χ1v) is 9.38. The van der Waals surface area contributed by atoms with Gasteiger partial charge in [-0.05, 0) is 24.6 Å². The van der Waals surface area contributed by atoms with Crippen LogP contribution in [0.1, 0.15) is 5.56 Å². The lowest BCUT2D eigenvalue weighted by Crippen LogP contribution is -2.61. The zero-order chi connectivity index (χ0) is 19.8. The SMILES string of the molecule is Cc1ccc(-c2cncc(O[C@@H]3OC(S(=O)(=O)O)[C@@H](O)[C@H](O)[C@H]3O)c2)nc1. The summed E-state index contributed by atoms with van der Waals surface area (Å²) >= 11 is 0. The molecule has 3 rings (SSSR count). The molecular weight excluding hydrogens is 380 g/mol. The lowest BCUT2D eigenvalue weighted by atomic mass is 10.1. The highest BCUT2D eigenvalue weighted by Crippen LogP contribution is 2.28. The molecule has 2 aromatic rings. The highest BCUT2D eigenvalue weighted by atomic mass is 32.2. The molecule has 0 radical (unpaired) electrons. The lowest BCUT2D eigenvalue weighted by Gasteiger charge is -2.38. The Bertz CT molecular complexity index is 905. The molecule has 0 aromatic carbocycles. The van der Waals surface area contributed by atoms with Gasteiger partial charge >= 0.3 is 0 Å². The third-order valence-electron chi connectivity index (χ3n) is 3.99. The molecular formula is C16H18N2O8S. The minimum absolute atomic E-state index is 0.0941. The first-order valence-electron chi connectivity index (χ1n) is 7.87. The van der Waals surface area contributed by atoms with Crippen molar-refractivity contribution >= 4 is 10.1 Å². The normalized spacial score (nSPS) is 28.7. The van der Waals surface area contributed by atoms with Crippen LogP contribution in [0.2, 0.25) is 0 Å². The van der Waals surface area contributed by atoms with Gasteiger partial charge < -0.3 is 24.8 Å². The number of hydrogen-bond donors (Lipinski definition) is 4. The van der Waals surface area contributed by atoms with E-state index in [1.807, 2.05) is 13.0 Å². The maximum Gasteiger partial charge on any atom is 0.295 e. The molecule has 1 fully saturated rings. The van der Waals surface area contributed by atoms with Crippen molar-refractivity contribution in [1.82, 2.24) is 9.97 Å². The fraction of sp³-hybridized carbons (Fsp3) is 0.375. The fourth-order valence-electron chi connectivity index (χ4n) is 2.56. The van der Waals surface area contributed by atoms with Crippen LogP contribution in [0.5, 0.6) is 5.75 Å². The number of ether oxygens (including phenoxy) is 2. The molecule has 2 aromatic heterocycles. The van der Waals surface area contributed by atoms with Gasteiger partial charge in [-0.25, -0.2) is 0 Å². The van der Waals surface area contributed by atoms with Crippen LogP contribution in [-0.4, -0.2) is 68.3 Å². The van der Waals surface area contributed by atoms with Crippen molar-refractivity contribution in [3.05, 3.63) is 42.4 Å². The molecule has 0 saturated carbocycles. The highest BCUT2D eigenvalue weighted by molar-refractivity contribution is 7.86. The van der Waals surface area contributed by atoms with Crippen LogP contribution in [0.3, 0.4) is 0 Å². The Morgan fingerprint density at radius 2 is 1.81 bits per heavy atom. The van der Waals surface area contributed by atoms with Crippen molar-refractivity contribution in [1.29, 1.82) is 0 Å². The number of pyridine rings is 2. The zero-order valence-corrected chi connectivity index (χ0v) is 14.9. The van der Waals surface area contributed by atoms with Crippen LogP contribution >= 0.6 is 0 Å². The number of aliphatic hydroxyl groups is 3. The van der Waals surface area contributed by atoms with Gasteiger partial charge in [0, 0.05) is 18.0 Å². The molecule has 10 nitrogen and oxygen atoms in total. The Labute approximate surface area is 154 Å². The van der Waals surface area contributed by atoms with E-state index in [0.717, 1.165) is 5.56 Å². The average Bonchev–Trinajstić information content (AvgIpc) is 2.62. The van der Waals surface area contributed by atoms with Crippen LogP contribution in [-0.2, 0) is 14.9 Å². The topological polar surface area (TPSA) is 159 Å². The molecule has 4 N–H and O–H groups in total. The van der Waals surface area contributed by atoms with Crippen LogP contribution in [0.4, 0.5) is 0 Å².